The quantitative estimate of drug-likeness (QED) is 0.0773. The second-order valence-corrected chi connectivity index (χ2v) is 39.0. The van der Waals surface area contributed by atoms with E-state index in [1.54, 1.807) is 88.4 Å². The van der Waals surface area contributed by atoms with Gasteiger partial charge in [0.2, 0.25) is 40.1 Å². The minimum absolute atomic E-state index is 0.00339. The predicted octanol–water partition coefficient (Wildman–Crippen LogP) is 3.81. The van der Waals surface area contributed by atoms with E-state index in [0.717, 1.165) is 47.9 Å². The van der Waals surface area contributed by atoms with Crippen LogP contribution in [-0.4, -0.2) is 192 Å². The van der Waals surface area contributed by atoms with Gasteiger partial charge in [-0.15, -0.1) is 0 Å². The molecule has 2 aliphatic carbocycles. The van der Waals surface area contributed by atoms with Crippen LogP contribution in [0.5, 0.6) is 23.0 Å². The highest BCUT2D eigenvalue weighted by molar-refractivity contribution is 7.90. The molecule has 0 saturated heterocycles. The van der Waals surface area contributed by atoms with E-state index in [-0.39, 0.29) is 104 Å². The number of aliphatic hydroxyl groups excluding tert-OH is 4. The highest BCUT2D eigenvalue weighted by Gasteiger charge is 2.42. The van der Waals surface area contributed by atoms with Crippen LogP contribution in [0.3, 0.4) is 0 Å². The molecule has 4 aromatic carbocycles. The Morgan fingerprint density at radius 2 is 0.592 bits per heavy atom. The van der Waals surface area contributed by atoms with Crippen LogP contribution in [0, 0.1) is 132 Å². The Hall–Kier alpha value is -13.3. The van der Waals surface area contributed by atoms with Crippen LogP contribution in [0.2, 0.25) is 0 Å². The fraction of sp³-hybridized carbons (Fsp3) is 0.364. The van der Waals surface area contributed by atoms with Crippen molar-refractivity contribution in [3.63, 3.8) is 0 Å². The molecular weight excluding hydrogens is 1760 g/mol. The lowest BCUT2D eigenvalue weighted by molar-refractivity contribution is 0.0999. The normalized spacial score (nSPS) is 18.9. The number of hydrogen-bond acceptors (Lipinski definition) is 26. The van der Waals surface area contributed by atoms with Gasteiger partial charge in [-0.2, -0.15) is 21.0 Å². The molecule has 2 fully saturated rings. The van der Waals surface area contributed by atoms with Crippen LogP contribution in [-0.2, 0) is 68.3 Å². The maximum Gasteiger partial charge on any atom is 0.276 e. The molecule has 0 radical (unpaired) electrons. The van der Waals surface area contributed by atoms with E-state index in [1.807, 2.05) is 12.1 Å². The number of hydrogen-bond donors (Lipinski definition) is 14. The Kier molecular flexibility index (Phi) is 29.4. The van der Waals surface area contributed by atoms with E-state index in [9.17, 15) is 105 Å². The molecule has 0 bridgehead atoms. The SMILES string of the molecule is Cc1ccc(NC(=O)c2c3c(cn2C)S(=O)(=O)N[C@@H]([C@@H](O)C#CC(C)(C)O)CO3)cc1C#N.Cc1ccc(NC(=O)c2c3c(cn2C)S(=O)(=O)N[C@@H]([C@H](O)C#CC(C)(C)O)CO3)cc1C#N.Cc1ccc(NC(=O)c2c3c(cn2C)S(=O)(=O)N[C@H]([C@@H](O)C#CC2CC2)CO3)cc1C#N.Cc1ccc(NC(=O)c2c3c(cn2C)S(=O)(=O)N[C@H]([C@H](O)C#CC2CC2)CO3)cc1C#N. The number of fused-ring (bicyclic) bond motifs is 4. The van der Waals surface area contributed by atoms with Crippen LogP contribution < -0.4 is 59.1 Å². The molecule has 6 aliphatic rings. The van der Waals surface area contributed by atoms with Crippen molar-refractivity contribution in [1.29, 1.82) is 21.0 Å². The van der Waals surface area contributed by atoms with Gasteiger partial charge in [-0.3, -0.25) is 19.2 Å². The van der Waals surface area contributed by atoms with Crippen molar-refractivity contribution in [2.75, 3.05) is 47.7 Å². The Morgan fingerprint density at radius 1 is 0.385 bits per heavy atom. The number of anilines is 4. The second kappa shape index (κ2) is 39.3. The smallest absolute Gasteiger partial charge is 0.276 e. The number of aryl methyl sites for hydroxylation is 8. The van der Waals surface area contributed by atoms with Gasteiger partial charge in [-0.25, -0.2) is 52.6 Å². The summed E-state index contributed by atoms with van der Waals surface area (Å²) >= 11 is 0. The highest BCUT2D eigenvalue weighted by Crippen LogP contribution is 2.39. The van der Waals surface area contributed by atoms with E-state index in [1.165, 1.54) is 111 Å². The zero-order valence-corrected chi connectivity index (χ0v) is 75.4. The van der Waals surface area contributed by atoms with Gasteiger partial charge in [0.1, 0.15) is 81.6 Å². The van der Waals surface area contributed by atoms with Crippen LogP contribution in [0.4, 0.5) is 22.7 Å². The average Bonchev–Trinajstić information content (AvgIpc) is 1.63. The van der Waals surface area contributed by atoms with Crippen LogP contribution in [0.1, 0.15) is 140 Å². The Labute approximate surface area is 750 Å². The lowest BCUT2D eigenvalue weighted by Gasteiger charge is -2.18. The number of rotatable bonds is 12. The lowest BCUT2D eigenvalue weighted by Crippen LogP contribution is -2.45. The average molecular weight is 1850 g/mol. The first-order chi connectivity index (χ1) is 61.0. The monoisotopic (exact) mass is 1850 g/mol. The maximum absolute atomic E-state index is 13.0. The third-order valence-corrected chi connectivity index (χ3v) is 26.3. The summed E-state index contributed by atoms with van der Waals surface area (Å²) in [5.74, 6) is 18.4. The third kappa shape index (κ3) is 23.6. The molecule has 4 aromatic heterocycles. The number of nitrogens with zero attached hydrogens (tertiary/aromatic N) is 8. The first kappa shape index (κ1) is 97.3. The van der Waals surface area contributed by atoms with Crippen molar-refractivity contribution >= 4 is 86.5 Å². The molecule has 42 heteroatoms. The molecule has 8 aromatic rings. The topological polar surface area (TPSA) is 574 Å². The molecule has 4 aliphatic heterocycles. The van der Waals surface area contributed by atoms with Gasteiger partial charge in [0.25, 0.3) is 23.6 Å². The predicted molar refractivity (Wildman–Crippen MR) is 469 cm³/mol. The molecule has 680 valence electrons. The molecule has 130 heavy (non-hydrogen) atoms. The maximum atomic E-state index is 13.0. The number of aliphatic hydroxyl groups is 6. The van der Waals surface area contributed by atoms with Crippen molar-refractivity contribution in [3.8, 4) is 94.6 Å². The van der Waals surface area contributed by atoms with E-state index in [4.69, 9.17) is 18.9 Å². The summed E-state index contributed by atoms with van der Waals surface area (Å²) in [6, 6.07) is 23.4. The largest absolute Gasteiger partial charge is 0.488 e. The molecule has 38 nitrogen and oxygen atoms in total. The number of nitriles is 4. The van der Waals surface area contributed by atoms with Gasteiger partial charge in [-0.05, 0) is 152 Å². The van der Waals surface area contributed by atoms with E-state index in [2.05, 4.69) is 99.7 Å². The van der Waals surface area contributed by atoms with Crippen LogP contribution in [0.15, 0.2) is 117 Å². The molecule has 0 unspecified atom stereocenters. The molecule has 14 rings (SSSR count). The molecule has 4 amide bonds. The summed E-state index contributed by atoms with van der Waals surface area (Å²) in [5.41, 5.74) is 3.34. The van der Waals surface area contributed by atoms with Gasteiger partial charge in [0.15, 0.2) is 45.8 Å². The van der Waals surface area contributed by atoms with Crippen molar-refractivity contribution in [3.05, 3.63) is 165 Å². The summed E-state index contributed by atoms with van der Waals surface area (Å²) in [4.78, 5) is 51.1. The number of sulfonamides is 4. The van der Waals surface area contributed by atoms with Gasteiger partial charge in [0, 0.05) is 87.6 Å². The molecule has 14 N–H and O–H groups in total. The summed E-state index contributed by atoms with van der Waals surface area (Å²) < 4.78 is 141. The van der Waals surface area contributed by atoms with Gasteiger partial charge >= 0.3 is 0 Å². The fourth-order valence-corrected chi connectivity index (χ4v) is 18.7. The van der Waals surface area contributed by atoms with Crippen LogP contribution in [0.25, 0.3) is 0 Å². The summed E-state index contributed by atoms with van der Waals surface area (Å²) in [7, 11) is -10.4. The number of aromatic nitrogens is 4. The van der Waals surface area contributed by atoms with Gasteiger partial charge < -0.3 is 89.1 Å². The Bertz CT molecular complexity index is 6410. The van der Waals surface area contributed by atoms with Gasteiger partial charge in [-0.1, -0.05) is 71.6 Å². The first-order valence-electron chi connectivity index (χ1n) is 39.9. The van der Waals surface area contributed by atoms with Crippen LogP contribution >= 0.6 is 0 Å². The number of benzene rings is 4. The number of carbonyl (C=O) groups is 4. The number of ether oxygens (including phenoxy) is 4. The zero-order valence-electron chi connectivity index (χ0n) is 72.1. The van der Waals surface area contributed by atoms with Crippen molar-refractivity contribution in [2.24, 2.45) is 40.0 Å². The highest BCUT2D eigenvalue weighted by atomic mass is 32.2. The molecule has 2 saturated carbocycles. The Balaban J connectivity index is 0.000000168. The number of carbonyl (C=O) groups excluding carboxylic acids is 4. The van der Waals surface area contributed by atoms with Crippen molar-refractivity contribution < 1.29 is 102 Å². The molecule has 8 heterocycles. The summed E-state index contributed by atoms with van der Waals surface area (Å²) in [6.45, 7) is 11.8. The van der Waals surface area contributed by atoms with E-state index < -0.39 is 124 Å². The van der Waals surface area contributed by atoms with Gasteiger partial charge in [0.05, 0.1) is 70.7 Å². The zero-order chi connectivity index (χ0) is 95.2. The molecular formula is C88H92N16O22S4. The standard InChI is InChI=1S/2C22H24N4O6S.2C22H22N4O5S/c2*1-13-5-6-15(9-14(13)10-23)24-21(28)19-20-18(11-26(19)4)33(30,31)25-16(12-32-20)17(27)7-8-22(2,3)29;2*1-13-3-7-16(9-15(13)10-23)24-22(28)20-21-19(11-26(20)2)32(29,30)25-17(12-31-21)18(27)8-6-14-4-5-14/h2*5-6,9,11,16-17,25,27,29H,12H2,1-4H3,(H,24,28);2*3,7,9,11,14,17-18,25,27H,4-5,12H2,1-2H3,(H,24,28)/t16-,17+;16-,17-;17-,18+;17-,18-/m1100/s1. The Morgan fingerprint density at radius 3 is 0.785 bits per heavy atom. The fourth-order valence-electron chi connectivity index (χ4n) is 13.0. The molecule has 8 atom stereocenters. The second-order valence-electron chi connectivity index (χ2n) is 32.2. The lowest BCUT2D eigenvalue weighted by atomic mass is 10.1. The minimum atomic E-state index is -4.16. The molecule has 0 spiro atoms. The minimum Gasteiger partial charge on any atom is -0.488 e. The summed E-state index contributed by atoms with van der Waals surface area (Å²) in [5, 5.41) is 108. The number of nitrogens with one attached hydrogen (secondary N) is 8. The van der Waals surface area contributed by atoms with E-state index in [0.29, 0.717) is 45.0 Å². The van der Waals surface area contributed by atoms with Crippen molar-refractivity contribution in [2.45, 2.75) is 160 Å². The first-order valence-corrected chi connectivity index (χ1v) is 45.9. The van der Waals surface area contributed by atoms with E-state index >= 15 is 0 Å². The van der Waals surface area contributed by atoms with Crippen molar-refractivity contribution in [1.82, 2.24) is 37.2 Å². The third-order valence-electron chi connectivity index (χ3n) is 20.3. The number of amides is 4. The summed E-state index contributed by atoms with van der Waals surface area (Å²) in [6.07, 6.45) is 3.56.